The molecule has 0 aliphatic carbocycles. The molecule has 4 nitrogen and oxygen atoms in total. The molecule has 76 valence electrons. The molecule has 0 aromatic heterocycles. The molecular weight excluding hydrogens is 186 g/mol. The first-order valence-electron chi connectivity index (χ1n) is 4.13. The molecule has 0 rings (SSSR count). The summed E-state index contributed by atoms with van der Waals surface area (Å²) in [7, 11) is 3.49. The van der Waals surface area contributed by atoms with Crippen molar-refractivity contribution in [1.29, 1.82) is 0 Å². The van der Waals surface area contributed by atoms with E-state index in [4.69, 9.17) is 18.0 Å². The molecule has 0 heterocycles. The van der Waals surface area contributed by atoms with Gasteiger partial charge in [-0.3, -0.25) is 10.2 Å². The number of carbonyl (C=O) groups is 1. The fourth-order valence-electron chi connectivity index (χ4n) is 0.773. The molecule has 0 fully saturated rings. The number of hydrogen-bond donors (Lipinski definition) is 2. The molecule has 0 aromatic carbocycles. The van der Waals surface area contributed by atoms with Gasteiger partial charge in [0.15, 0.2) is 0 Å². The summed E-state index contributed by atoms with van der Waals surface area (Å²) in [6, 6.07) is 0. The van der Waals surface area contributed by atoms with Gasteiger partial charge in [-0.25, -0.2) is 5.01 Å². The second-order valence-electron chi connectivity index (χ2n) is 3.39. The van der Waals surface area contributed by atoms with E-state index in [1.54, 1.807) is 26.0 Å². The van der Waals surface area contributed by atoms with Crippen molar-refractivity contribution in [3.05, 3.63) is 0 Å². The number of hydrogen-bond acceptors (Lipinski definition) is 3. The zero-order valence-electron chi connectivity index (χ0n) is 8.55. The molecule has 0 aromatic rings. The number of nitrogens with two attached hydrogens (primary N) is 1. The van der Waals surface area contributed by atoms with E-state index in [-0.39, 0.29) is 10.9 Å². The average Bonchev–Trinajstić information content (AvgIpc) is 2.01. The van der Waals surface area contributed by atoms with Gasteiger partial charge in [0.2, 0.25) is 5.91 Å². The average molecular weight is 203 g/mol. The van der Waals surface area contributed by atoms with Gasteiger partial charge in [0.05, 0.1) is 10.4 Å². The van der Waals surface area contributed by atoms with Gasteiger partial charge in [-0.2, -0.15) is 0 Å². The molecule has 0 spiro atoms. The predicted molar refractivity (Wildman–Crippen MR) is 57.0 cm³/mol. The Morgan fingerprint density at radius 3 is 2.31 bits per heavy atom. The van der Waals surface area contributed by atoms with E-state index in [0.717, 1.165) is 0 Å². The van der Waals surface area contributed by atoms with Crippen LogP contribution in [-0.2, 0) is 4.79 Å². The van der Waals surface area contributed by atoms with Crippen molar-refractivity contribution in [2.75, 3.05) is 14.1 Å². The Hall–Kier alpha value is -0.680. The van der Waals surface area contributed by atoms with Crippen LogP contribution in [0.3, 0.4) is 0 Å². The smallest absolute Gasteiger partial charge is 0.247 e. The third kappa shape index (κ3) is 2.93. The molecule has 3 N–H and O–H groups in total. The van der Waals surface area contributed by atoms with Gasteiger partial charge in [0.25, 0.3) is 0 Å². The van der Waals surface area contributed by atoms with Crippen molar-refractivity contribution in [2.24, 2.45) is 11.1 Å². The van der Waals surface area contributed by atoms with E-state index in [2.05, 4.69) is 5.43 Å². The molecule has 0 aliphatic rings. The topological polar surface area (TPSA) is 58.4 Å². The maximum absolute atomic E-state index is 11.6. The lowest BCUT2D eigenvalue weighted by molar-refractivity contribution is -0.130. The zero-order chi connectivity index (χ0) is 10.6. The van der Waals surface area contributed by atoms with Gasteiger partial charge >= 0.3 is 0 Å². The molecule has 5 heteroatoms. The van der Waals surface area contributed by atoms with E-state index in [9.17, 15) is 4.79 Å². The Morgan fingerprint density at radius 2 is 2.08 bits per heavy atom. The van der Waals surface area contributed by atoms with E-state index in [1.165, 1.54) is 0 Å². The van der Waals surface area contributed by atoms with Crippen molar-refractivity contribution >= 4 is 23.1 Å². The number of hydrazine groups is 1. The quantitative estimate of drug-likeness (QED) is 0.509. The van der Waals surface area contributed by atoms with Crippen LogP contribution in [0.25, 0.3) is 0 Å². The van der Waals surface area contributed by atoms with Crippen molar-refractivity contribution in [3.8, 4) is 0 Å². The molecule has 13 heavy (non-hydrogen) atoms. The number of rotatable bonds is 4. The molecular formula is C8H17N3OS. The fourth-order valence-corrected chi connectivity index (χ4v) is 1.01. The SMILES string of the molecule is CCC(C)(C(=O)NN(C)C)C(N)=S. The number of carbonyl (C=O) groups excluding carboxylic acids is 1. The molecule has 1 atom stereocenters. The first-order valence-corrected chi connectivity index (χ1v) is 4.53. The highest BCUT2D eigenvalue weighted by atomic mass is 32.1. The van der Waals surface area contributed by atoms with E-state index in [1.807, 2.05) is 6.92 Å². The van der Waals surface area contributed by atoms with E-state index < -0.39 is 5.41 Å². The Morgan fingerprint density at radius 1 is 1.62 bits per heavy atom. The number of amides is 1. The van der Waals surface area contributed by atoms with Crippen LogP contribution in [0.1, 0.15) is 20.3 Å². The van der Waals surface area contributed by atoms with Crippen LogP contribution < -0.4 is 11.2 Å². The van der Waals surface area contributed by atoms with E-state index in [0.29, 0.717) is 6.42 Å². The normalized spacial score (nSPS) is 15.2. The van der Waals surface area contributed by atoms with Crippen molar-refractivity contribution in [2.45, 2.75) is 20.3 Å². The van der Waals surface area contributed by atoms with E-state index >= 15 is 0 Å². The van der Waals surface area contributed by atoms with Crippen LogP contribution in [0.4, 0.5) is 0 Å². The van der Waals surface area contributed by atoms with Crippen LogP contribution in [-0.4, -0.2) is 30.0 Å². The van der Waals surface area contributed by atoms with Gasteiger partial charge in [-0.05, 0) is 13.3 Å². The summed E-state index contributed by atoms with van der Waals surface area (Å²) in [5, 5.41) is 1.58. The maximum Gasteiger partial charge on any atom is 0.247 e. The predicted octanol–water partition coefficient (Wildman–Crippen LogP) is 0.282. The monoisotopic (exact) mass is 203 g/mol. The second kappa shape index (κ2) is 4.53. The number of nitrogens with zero attached hydrogens (tertiary/aromatic N) is 1. The molecule has 0 radical (unpaired) electrons. The minimum absolute atomic E-state index is 0.160. The standard InChI is InChI=1S/C8H17N3OS/c1-5-8(2,6(9)13)7(12)10-11(3)4/h5H2,1-4H3,(H2,9,13)(H,10,12). The highest BCUT2D eigenvalue weighted by Crippen LogP contribution is 2.21. The first-order chi connectivity index (χ1) is 5.84. The number of nitrogens with one attached hydrogen (secondary N) is 1. The molecule has 1 unspecified atom stereocenters. The third-order valence-corrected chi connectivity index (χ3v) is 2.53. The summed E-state index contributed by atoms with van der Waals surface area (Å²) < 4.78 is 0. The zero-order valence-corrected chi connectivity index (χ0v) is 9.36. The lowest BCUT2D eigenvalue weighted by atomic mass is 9.87. The van der Waals surface area contributed by atoms with Gasteiger partial charge in [0.1, 0.15) is 0 Å². The van der Waals surface area contributed by atoms with Crippen LogP contribution >= 0.6 is 12.2 Å². The molecule has 0 bridgehead atoms. The van der Waals surface area contributed by atoms with Crippen LogP contribution in [0.15, 0.2) is 0 Å². The Kier molecular flexibility index (Phi) is 4.29. The number of thiocarbonyl (C=S) groups is 1. The minimum atomic E-state index is -0.750. The lowest BCUT2D eigenvalue weighted by Gasteiger charge is -2.27. The highest BCUT2D eigenvalue weighted by Gasteiger charge is 2.34. The van der Waals surface area contributed by atoms with Gasteiger partial charge < -0.3 is 5.73 Å². The van der Waals surface area contributed by atoms with Crippen molar-refractivity contribution < 1.29 is 4.79 Å². The summed E-state index contributed by atoms with van der Waals surface area (Å²) in [5.74, 6) is -0.160. The Bertz CT molecular complexity index is 217. The Balaban J connectivity index is 4.58. The molecule has 0 aliphatic heterocycles. The van der Waals surface area contributed by atoms with Crippen LogP contribution in [0.2, 0.25) is 0 Å². The summed E-state index contributed by atoms with van der Waals surface area (Å²) in [5.41, 5.74) is 7.40. The summed E-state index contributed by atoms with van der Waals surface area (Å²) in [6.45, 7) is 3.63. The first kappa shape index (κ1) is 12.3. The third-order valence-electron chi connectivity index (χ3n) is 2.08. The highest BCUT2D eigenvalue weighted by molar-refractivity contribution is 7.80. The van der Waals surface area contributed by atoms with Crippen molar-refractivity contribution in [3.63, 3.8) is 0 Å². The molecule has 0 saturated heterocycles. The molecule has 0 saturated carbocycles. The largest absolute Gasteiger partial charge is 0.392 e. The van der Waals surface area contributed by atoms with Crippen LogP contribution in [0, 0.1) is 5.41 Å². The summed E-state index contributed by atoms with van der Waals surface area (Å²) >= 11 is 4.86. The van der Waals surface area contributed by atoms with Gasteiger partial charge in [-0.1, -0.05) is 19.1 Å². The fraction of sp³-hybridized carbons (Fsp3) is 0.750. The summed E-state index contributed by atoms with van der Waals surface area (Å²) in [4.78, 5) is 11.9. The van der Waals surface area contributed by atoms with Crippen molar-refractivity contribution in [1.82, 2.24) is 10.4 Å². The second-order valence-corrected chi connectivity index (χ2v) is 3.83. The van der Waals surface area contributed by atoms with Crippen LogP contribution in [0.5, 0.6) is 0 Å². The Labute approximate surface area is 84.4 Å². The van der Waals surface area contributed by atoms with Gasteiger partial charge in [-0.15, -0.1) is 0 Å². The summed E-state index contributed by atoms with van der Waals surface area (Å²) in [6.07, 6.45) is 0.599. The maximum atomic E-state index is 11.6. The lowest BCUT2D eigenvalue weighted by Crippen LogP contribution is -2.50. The van der Waals surface area contributed by atoms with Gasteiger partial charge in [0, 0.05) is 14.1 Å². The minimum Gasteiger partial charge on any atom is -0.392 e. The molecule has 1 amide bonds.